The zero-order valence-corrected chi connectivity index (χ0v) is 21.1. The van der Waals surface area contributed by atoms with E-state index in [1.54, 1.807) is 6.07 Å². The molecule has 1 aliphatic heterocycles. The largest absolute Gasteiger partial charge is 0.336 e. The Kier molecular flexibility index (Phi) is 6.49. The van der Waals surface area contributed by atoms with Crippen molar-refractivity contribution in [2.45, 2.75) is 33.2 Å². The lowest BCUT2D eigenvalue weighted by Gasteiger charge is -2.34. The van der Waals surface area contributed by atoms with Crippen LogP contribution in [0.1, 0.15) is 46.9 Å². The Labute approximate surface area is 208 Å². The minimum atomic E-state index is -0.168. The number of carbonyl (C=O) groups excluding carboxylic acids is 1. The van der Waals surface area contributed by atoms with Gasteiger partial charge in [-0.05, 0) is 36.6 Å². The number of hydrogen-bond donors (Lipinski definition) is 0. The molecule has 1 aliphatic rings. The average molecular weight is 488 g/mol. The summed E-state index contributed by atoms with van der Waals surface area (Å²) in [5.41, 5.74) is 4.67. The maximum absolute atomic E-state index is 12.9. The number of nitrogens with zero attached hydrogens (tertiary/aromatic N) is 5. The Bertz CT molecular complexity index is 1420. The fourth-order valence-electron chi connectivity index (χ4n) is 4.36. The molecule has 8 heteroatoms. The molecule has 0 bridgehead atoms. The topological polar surface area (TPSA) is 70.8 Å². The van der Waals surface area contributed by atoms with Gasteiger partial charge in [-0.3, -0.25) is 14.5 Å². The van der Waals surface area contributed by atoms with Crippen LogP contribution in [-0.4, -0.2) is 56.5 Å². The van der Waals surface area contributed by atoms with Crippen molar-refractivity contribution in [3.63, 3.8) is 0 Å². The van der Waals surface area contributed by atoms with Crippen LogP contribution in [0.3, 0.4) is 0 Å². The van der Waals surface area contributed by atoms with E-state index >= 15 is 0 Å². The molecule has 4 aromatic rings. The number of carbonyl (C=O) groups is 1. The van der Waals surface area contributed by atoms with E-state index in [1.807, 2.05) is 54.3 Å². The molecular weight excluding hydrogens is 458 g/mol. The van der Waals surface area contributed by atoms with Gasteiger partial charge in [0.15, 0.2) is 0 Å². The second-order valence-corrected chi connectivity index (χ2v) is 10.4. The number of aromatic nitrogens is 3. The fourth-order valence-corrected chi connectivity index (χ4v) is 5.28. The lowest BCUT2D eigenvalue weighted by molar-refractivity contribution is 0.0627. The first-order valence-electron chi connectivity index (χ1n) is 12.0. The minimum absolute atomic E-state index is 0.0751. The second kappa shape index (κ2) is 9.71. The van der Waals surface area contributed by atoms with Gasteiger partial charge in [-0.2, -0.15) is 9.61 Å². The van der Waals surface area contributed by atoms with Crippen LogP contribution >= 0.6 is 11.3 Å². The fraction of sp³-hybridized carbons (Fsp3) is 0.333. The van der Waals surface area contributed by atoms with Crippen LogP contribution in [0.5, 0.6) is 0 Å². The van der Waals surface area contributed by atoms with E-state index in [2.05, 4.69) is 29.9 Å². The van der Waals surface area contributed by atoms with Crippen molar-refractivity contribution in [1.82, 2.24) is 24.4 Å². The third-order valence-corrected chi connectivity index (χ3v) is 7.39. The average Bonchev–Trinajstić information content (AvgIpc) is 3.29. The highest BCUT2D eigenvalue weighted by Crippen LogP contribution is 2.25. The van der Waals surface area contributed by atoms with Crippen LogP contribution < -0.4 is 5.56 Å². The van der Waals surface area contributed by atoms with E-state index in [-0.39, 0.29) is 11.5 Å². The predicted octanol–water partition coefficient (Wildman–Crippen LogP) is 4.21. The Morgan fingerprint density at radius 3 is 2.46 bits per heavy atom. The lowest BCUT2D eigenvalue weighted by Crippen LogP contribution is -2.48. The first-order valence-corrected chi connectivity index (χ1v) is 12.8. The number of piperazine rings is 1. The molecule has 35 heavy (non-hydrogen) atoms. The number of rotatable bonds is 5. The summed E-state index contributed by atoms with van der Waals surface area (Å²) in [5.74, 6) is 0.522. The van der Waals surface area contributed by atoms with Crippen molar-refractivity contribution in [3.05, 3.63) is 87.3 Å². The third-order valence-electron chi connectivity index (χ3n) is 6.43. The van der Waals surface area contributed by atoms with E-state index in [1.165, 1.54) is 21.4 Å². The standard InChI is InChI=1S/C27H29N5O2S/c1-18(2)20-7-9-21(10-8-20)26(34)31-13-11-30(12-14-31)17-23-16-24(33)32-27(28-23)35-25(29-32)22-6-4-5-19(3)15-22/h4-10,15-16,18H,11-14,17H2,1-3H3. The first-order chi connectivity index (χ1) is 16.9. The van der Waals surface area contributed by atoms with Gasteiger partial charge in [0, 0.05) is 49.9 Å². The molecule has 0 spiro atoms. The van der Waals surface area contributed by atoms with Crippen LogP contribution in [0.2, 0.25) is 0 Å². The molecule has 5 rings (SSSR count). The molecule has 7 nitrogen and oxygen atoms in total. The molecule has 0 atom stereocenters. The quantitative estimate of drug-likeness (QED) is 0.422. The minimum Gasteiger partial charge on any atom is -0.336 e. The Hall–Kier alpha value is -3.36. The molecule has 0 radical (unpaired) electrons. The lowest BCUT2D eigenvalue weighted by atomic mass is 10.0. The SMILES string of the molecule is Cc1cccc(-c2nn3c(=O)cc(CN4CCN(C(=O)c5ccc(C(C)C)cc5)CC4)nc3s2)c1. The van der Waals surface area contributed by atoms with Crippen LogP contribution in [0.25, 0.3) is 15.5 Å². The van der Waals surface area contributed by atoms with Gasteiger partial charge in [0.25, 0.3) is 11.5 Å². The highest BCUT2D eigenvalue weighted by Gasteiger charge is 2.23. The van der Waals surface area contributed by atoms with Gasteiger partial charge in [0.1, 0.15) is 5.01 Å². The molecule has 0 N–H and O–H groups in total. The van der Waals surface area contributed by atoms with Crippen molar-refractivity contribution in [2.24, 2.45) is 0 Å². The van der Waals surface area contributed by atoms with Gasteiger partial charge in [-0.25, -0.2) is 4.98 Å². The summed E-state index contributed by atoms with van der Waals surface area (Å²) >= 11 is 1.42. The van der Waals surface area contributed by atoms with E-state index in [9.17, 15) is 9.59 Å². The molecule has 0 aliphatic carbocycles. The van der Waals surface area contributed by atoms with Gasteiger partial charge in [-0.1, -0.05) is 61.1 Å². The molecule has 3 heterocycles. The zero-order valence-electron chi connectivity index (χ0n) is 20.3. The molecular formula is C27H29N5O2S. The maximum atomic E-state index is 12.9. The number of aryl methyl sites for hydroxylation is 1. The van der Waals surface area contributed by atoms with Gasteiger partial charge in [0.05, 0.1) is 5.69 Å². The molecule has 1 fully saturated rings. The van der Waals surface area contributed by atoms with Gasteiger partial charge < -0.3 is 4.90 Å². The van der Waals surface area contributed by atoms with Gasteiger partial charge in [-0.15, -0.1) is 0 Å². The normalized spacial score (nSPS) is 14.7. The number of benzene rings is 2. The van der Waals surface area contributed by atoms with E-state index < -0.39 is 0 Å². The van der Waals surface area contributed by atoms with Gasteiger partial charge >= 0.3 is 0 Å². The third kappa shape index (κ3) is 5.04. The Balaban J connectivity index is 1.25. The Morgan fingerprint density at radius 2 is 1.77 bits per heavy atom. The summed E-state index contributed by atoms with van der Waals surface area (Å²) < 4.78 is 1.38. The van der Waals surface area contributed by atoms with Gasteiger partial charge in [0.2, 0.25) is 4.96 Å². The van der Waals surface area contributed by atoms with Crippen molar-refractivity contribution in [3.8, 4) is 10.6 Å². The smallest absolute Gasteiger partial charge is 0.275 e. The monoisotopic (exact) mass is 487 g/mol. The summed E-state index contributed by atoms with van der Waals surface area (Å²) in [5, 5.41) is 5.27. The number of amides is 1. The molecule has 180 valence electrons. The molecule has 0 saturated carbocycles. The summed E-state index contributed by atoms with van der Waals surface area (Å²) in [4.78, 5) is 35.1. The highest BCUT2D eigenvalue weighted by molar-refractivity contribution is 7.19. The molecule has 1 amide bonds. The van der Waals surface area contributed by atoms with E-state index in [0.717, 1.165) is 40.5 Å². The van der Waals surface area contributed by atoms with Crippen molar-refractivity contribution < 1.29 is 4.79 Å². The molecule has 0 unspecified atom stereocenters. The maximum Gasteiger partial charge on any atom is 0.275 e. The van der Waals surface area contributed by atoms with E-state index in [4.69, 9.17) is 4.98 Å². The number of fused-ring (bicyclic) bond motifs is 1. The highest BCUT2D eigenvalue weighted by atomic mass is 32.1. The predicted molar refractivity (Wildman–Crippen MR) is 139 cm³/mol. The summed E-state index contributed by atoms with van der Waals surface area (Å²) in [6, 6.07) is 17.6. The molecule has 2 aromatic heterocycles. The summed E-state index contributed by atoms with van der Waals surface area (Å²) in [7, 11) is 0. The van der Waals surface area contributed by atoms with Crippen LogP contribution in [0.15, 0.2) is 59.4 Å². The first kappa shape index (κ1) is 23.4. The van der Waals surface area contributed by atoms with Crippen LogP contribution in [-0.2, 0) is 6.54 Å². The van der Waals surface area contributed by atoms with Crippen molar-refractivity contribution in [2.75, 3.05) is 26.2 Å². The Morgan fingerprint density at radius 1 is 1.03 bits per heavy atom. The van der Waals surface area contributed by atoms with Crippen LogP contribution in [0, 0.1) is 6.92 Å². The van der Waals surface area contributed by atoms with Crippen molar-refractivity contribution in [1.29, 1.82) is 0 Å². The molecule has 1 saturated heterocycles. The second-order valence-electron chi connectivity index (χ2n) is 9.40. The van der Waals surface area contributed by atoms with Crippen LogP contribution in [0.4, 0.5) is 0 Å². The zero-order chi connectivity index (χ0) is 24.5. The molecule has 2 aromatic carbocycles. The summed E-state index contributed by atoms with van der Waals surface area (Å²) in [6.07, 6.45) is 0. The number of hydrogen-bond acceptors (Lipinski definition) is 6. The summed E-state index contributed by atoms with van der Waals surface area (Å²) in [6.45, 7) is 9.71. The van der Waals surface area contributed by atoms with E-state index in [0.29, 0.717) is 30.5 Å². The van der Waals surface area contributed by atoms with Crippen molar-refractivity contribution >= 4 is 22.2 Å².